The summed E-state index contributed by atoms with van der Waals surface area (Å²) in [5.74, 6) is 4.14. The van der Waals surface area contributed by atoms with Crippen molar-refractivity contribution in [1.29, 1.82) is 0 Å². The lowest BCUT2D eigenvalue weighted by Crippen LogP contribution is -1.97. The highest BCUT2D eigenvalue weighted by Crippen LogP contribution is 2.44. The molecule has 0 nitrogen and oxygen atoms in total. The van der Waals surface area contributed by atoms with Gasteiger partial charge in [-0.05, 0) is 41.9 Å². The third kappa shape index (κ3) is 1.55. The molecular weight excluding hydrogens is 168 g/mol. The van der Waals surface area contributed by atoms with E-state index >= 15 is 0 Å². The van der Waals surface area contributed by atoms with Gasteiger partial charge in [-0.15, -0.1) is 6.42 Å². The third-order valence-electron chi connectivity index (χ3n) is 2.90. The Morgan fingerprint density at radius 2 is 2.07 bits per heavy atom. The average molecular weight is 184 g/mol. The molecule has 0 N–H and O–H groups in total. The van der Waals surface area contributed by atoms with Crippen LogP contribution in [0.1, 0.15) is 55.2 Å². The van der Waals surface area contributed by atoms with E-state index in [1.165, 1.54) is 24.0 Å². The Morgan fingerprint density at radius 1 is 1.36 bits per heavy atom. The summed E-state index contributed by atoms with van der Waals surface area (Å²) in [4.78, 5) is 0. The molecule has 2 rings (SSSR count). The molecule has 1 aliphatic rings. The zero-order valence-electron chi connectivity index (χ0n) is 8.88. The second-order valence-corrected chi connectivity index (χ2v) is 4.38. The molecule has 0 bridgehead atoms. The van der Waals surface area contributed by atoms with Crippen LogP contribution < -0.4 is 0 Å². The van der Waals surface area contributed by atoms with Crippen LogP contribution in [0.15, 0.2) is 18.2 Å². The second-order valence-electron chi connectivity index (χ2n) is 4.38. The first kappa shape index (κ1) is 9.34. The summed E-state index contributed by atoms with van der Waals surface area (Å²) in [5.41, 5.74) is 4.01. The minimum absolute atomic E-state index is 0.582. The Labute approximate surface area is 86.3 Å². The number of hydrogen-bond acceptors (Lipinski definition) is 0. The predicted molar refractivity (Wildman–Crippen MR) is 60.4 cm³/mol. The predicted octanol–water partition coefficient (Wildman–Crippen LogP) is 3.67. The molecular formula is C14H16. The maximum Gasteiger partial charge on any atom is 0.0280 e. The summed E-state index contributed by atoms with van der Waals surface area (Å²) >= 11 is 0. The monoisotopic (exact) mass is 184 g/mol. The summed E-state index contributed by atoms with van der Waals surface area (Å²) in [6, 6.07) is 6.37. The first-order valence-corrected chi connectivity index (χ1v) is 5.33. The lowest BCUT2D eigenvalue weighted by molar-refractivity contribution is 0.840. The van der Waals surface area contributed by atoms with Gasteiger partial charge in [0.1, 0.15) is 0 Å². The van der Waals surface area contributed by atoms with Gasteiger partial charge >= 0.3 is 0 Å². The van der Waals surface area contributed by atoms with E-state index in [0.29, 0.717) is 5.92 Å². The zero-order valence-corrected chi connectivity index (χ0v) is 8.88. The van der Waals surface area contributed by atoms with Gasteiger partial charge in [-0.3, -0.25) is 0 Å². The highest BCUT2D eigenvalue weighted by atomic mass is 14.3. The summed E-state index contributed by atoms with van der Waals surface area (Å²) < 4.78 is 0. The first-order valence-electron chi connectivity index (χ1n) is 5.33. The maximum absolute atomic E-state index is 5.54. The van der Waals surface area contributed by atoms with Crippen LogP contribution in [0, 0.1) is 12.3 Å². The number of rotatable bonds is 2. The van der Waals surface area contributed by atoms with Crippen LogP contribution in [0.5, 0.6) is 0 Å². The van der Waals surface area contributed by atoms with Crippen LogP contribution in [-0.4, -0.2) is 0 Å². The molecule has 72 valence electrons. The molecule has 0 unspecified atom stereocenters. The van der Waals surface area contributed by atoms with Gasteiger partial charge in [0.25, 0.3) is 0 Å². The number of terminal acetylenes is 1. The second kappa shape index (κ2) is 3.50. The molecule has 0 amide bonds. The molecule has 0 atom stereocenters. The Morgan fingerprint density at radius 3 is 2.57 bits per heavy atom. The molecule has 0 heteroatoms. The smallest absolute Gasteiger partial charge is 0.0280 e. The van der Waals surface area contributed by atoms with Gasteiger partial charge in [-0.25, -0.2) is 0 Å². The number of hydrogen-bond donors (Lipinski definition) is 0. The molecule has 0 aliphatic heterocycles. The molecule has 1 aromatic carbocycles. The van der Waals surface area contributed by atoms with Gasteiger partial charge in [0.2, 0.25) is 0 Å². The van der Waals surface area contributed by atoms with E-state index < -0.39 is 0 Å². The normalized spacial score (nSPS) is 15.6. The molecule has 14 heavy (non-hydrogen) atoms. The Balaban J connectivity index is 2.54. The van der Waals surface area contributed by atoms with E-state index in [9.17, 15) is 0 Å². The van der Waals surface area contributed by atoms with E-state index in [-0.39, 0.29) is 0 Å². The summed E-state index contributed by atoms with van der Waals surface area (Å²) in [6.45, 7) is 4.48. The molecule has 0 aromatic heterocycles. The van der Waals surface area contributed by atoms with Crippen molar-refractivity contribution in [3.05, 3.63) is 34.9 Å². The van der Waals surface area contributed by atoms with E-state index in [4.69, 9.17) is 6.42 Å². The minimum Gasteiger partial charge on any atom is -0.115 e. The molecule has 1 saturated carbocycles. The fourth-order valence-corrected chi connectivity index (χ4v) is 2.04. The largest absolute Gasteiger partial charge is 0.115 e. The highest BCUT2D eigenvalue weighted by molar-refractivity contribution is 5.49. The van der Waals surface area contributed by atoms with Crippen molar-refractivity contribution in [1.82, 2.24) is 0 Å². The maximum atomic E-state index is 5.54. The van der Waals surface area contributed by atoms with Gasteiger partial charge in [0.15, 0.2) is 0 Å². The van der Waals surface area contributed by atoms with Crippen LogP contribution >= 0.6 is 0 Å². The van der Waals surface area contributed by atoms with Gasteiger partial charge in [0, 0.05) is 5.56 Å². The lowest BCUT2D eigenvalue weighted by Gasteiger charge is -2.13. The average Bonchev–Trinajstić information content (AvgIpc) is 2.99. The topological polar surface area (TPSA) is 0 Å². The molecule has 1 aliphatic carbocycles. The van der Waals surface area contributed by atoms with Crippen molar-refractivity contribution >= 4 is 0 Å². The van der Waals surface area contributed by atoms with Gasteiger partial charge < -0.3 is 0 Å². The highest BCUT2D eigenvalue weighted by Gasteiger charge is 2.28. The SMILES string of the molecule is C#Cc1cccc(C(C)C)c1C1CC1. The van der Waals surface area contributed by atoms with Crippen molar-refractivity contribution in [2.24, 2.45) is 0 Å². The molecule has 0 spiro atoms. The van der Waals surface area contributed by atoms with E-state index in [1.807, 2.05) is 0 Å². The van der Waals surface area contributed by atoms with E-state index in [1.54, 1.807) is 0 Å². The Kier molecular flexibility index (Phi) is 2.33. The van der Waals surface area contributed by atoms with Crippen molar-refractivity contribution in [2.75, 3.05) is 0 Å². The van der Waals surface area contributed by atoms with Gasteiger partial charge in [0.05, 0.1) is 0 Å². The quantitative estimate of drug-likeness (QED) is 0.615. The third-order valence-corrected chi connectivity index (χ3v) is 2.90. The standard InChI is InChI=1S/C14H16/c1-4-11-6-5-7-13(10(2)3)14(11)12-8-9-12/h1,5-7,10,12H,8-9H2,2-3H3. The summed E-state index contributed by atoms with van der Waals surface area (Å²) in [7, 11) is 0. The van der Waals surface area contributed by atoms with Crippen LogP contribution in [0.2, 0.25) is 0 Å². The molecule has 0 heterocycles. The minimum atomic E-state index is 0.582. The fraction of sp³-hybridized carbons (Fsp3) is 0.429. The molecule has 0 radical (unpaired) electrons. The molecule has 1 fully saturated rings. The van der Waals surface area contributed by atoms with Crippen molar-refractivity contribution in [3.63, 3.8) is 0 Å². The summed E-state index contributed by atoms with van der Waals surface area (Å²) in [6.07, 6.45) is 8.17. The Bertz CT molecular complexity index is 376. The van der Waals surface area contributed by atoms with Crippen molar-refractivity contribution < 1.29 is 0 Å². The fourth-order valence-electron chi connectivity index (χ4n) is 2.04. The van der Waals surface area contributed by atoms with E-state index in [2.05, 4.69) is 38.0 Å². The summed E-state index contributed by atoms with van der Waals surface area (Å²) in [5, 5.41) is 0. The van der Waals surface area contributed by atoms with Gasteiger partial charge in [-0.2, -0.15) is 0 Å². The molecule has 0 saturated heterocycles. The van der Waals surface area contributed by atoms with Crippen LogP contribution in [0.4, 0.5) is 0 Å². The van der Waals surface area contributed by atoms with Crippen molar-refractivity contribution in [3.8, 4) is 12.3 Å². The lowest BCUT2D eigenvalue weighted by atomic mass is 9.91. The van der Waals surface area contributed by atoms with Crippen LogP contribution in [-0.2, 0) is 0 Å². The zero-order chi connectivity index (χ0) is 10.1. The van der Waals surface area contributed by atoms with Crippen LogP contribution in [0.25, 0.3) is 0 Å². The number of benzene rings is 1. The van der Waals surface area contributed by atoms with Gasteiger partial charge in [-0.1, -0.05) is 31.9 Å². The molecule has 1 aromatic rings. The van der Waals surface area contributed by atoms with E-state index in [0.717, 1.165) is 11.5 Å². The van der Waals surface area contributed by atoms with Crippen LogP contribution in [0.3, 0.4) is 0 Å². The first-order chi connectivity index (χ1) is 6.74. The Hall–Kier alpha value is -1.22. The van der Waals surface area contributed by atoms with Crippen molar-refractivity contribution in [2.45, 2.75) is 38.5 Å².